The maximum absolute atomic E-state index is 10.2. The number of aryl methyl sites for hydroxylation is 3. The van der Waals surface area contributed by atoms with E-state index in [1.165, 1.54) is 11.1 Å². The first-order chi connectivity index (χ1) is 11.5. The number of benzene rings is 2. The highest BCUT2D eigenvalue weighted by Gasteiger charge is 2.13. The highest BCUT2D eigenvalue weighted by atomic mass is 16.5. The normalized spacial score (nSPS) is 13.5. The monoisotopic (exact) mass is 327 g/mol. The largest absolute Gasteiger partial charge is 0.490 e. The summed E-state index contributed by atoms with van der Waals surface area (Å²) >= 11 is 0. The van der Waals surface area contributed by atoms with Gasteiger partial charge in [0.25, 0.3) is 0 Å². The standard InChI is InChI=1S/C21H29NO2/c1-5-20(18-11-9-15(2)10-12-18)22-13-19(23)14-24-21-16(3)7-6-8-17(21)4/h6-12,19-20,22-23H,5,13-14H2,1-4H3. The van der Waals surface area contributed by atoms with E-state index in [1.54, 1.807) is 0 Å². The number of hydrogen-bond donors (Lipinski definition) is 2. The SMILES string of the molecule is CCC(NCC(O)COc1c(C)cccc1C)c1ccc(C)cc1. The summed E-state index contributed by atoms with van der Waals surface area (Å²) in [6, 6.07) is 14.9. The topological polar surface area (TPSA) is 41.5 Å². The predicted molar refractivity (Wildman–Crippen MR) is 99.6 cm³/mol. The fourth-order valence-corrected chi connectivity index (χ4v) is 2.84. The second kappa shape index (κ2) is 8.86. The molecule has 0 spiro atoms. The maximum Gasteiger partial charge on any atom is 0.125 e. The van der Waals surface area contributed by atoms with Crippen LogP contribution in [0, 0.1) is 20.8 Å². The Kier molecular flexibility index (Phi) is 6.83. The molecule has 2 aromatic carbocycles. The van der Waals surface area contributed by atoms with Gasteiger partial charge in [-0.1, -0.05) is 55.0 Å². The minimum Gasteiger partial charge on any atom is -0.490 e. The smallest absolute Gasteiger partial charge is 0.125 e. The van der Waals surface area contributed by atoms with Crippen LogP contribution >= 0.6 is 0 Å². The van der Waals surface area contributed by atoms with Crippen LogP contribution in [0.5, 0.6) is 5.75 Å². The molecule has 0 heterocycles. The first-order valence-corrected chi connectivity index (χ1v) is 8.68. The minimum atomic E-state index is -0.538. The van der Waals surface area contributed by atoms with Crippen molar-refractivity contribution in [2.24, 2.45) is 0 Å². The van der Waals surface area contributed by atoms with Crippen molar-refractivity contribution in [3.05, 3.63) is 64.7 Å². The van der Waals surface area contributed by atoms with Gasteiger partial charge in [0.05, 0.1) is 0 Å². The van der Waals surface area contributed by atoms with E-state index in [4.69, 9.17) is 4.74 Å². The Bertz CT molecular complexity index is 617. The molecule has 0 saturated carbocycles. The number of hydrogen-bond acceptors (Lipinski definition) is 3. The van der Waals surface area contributed by atoms with Gasteiger partial charge in [0.15, 0.2) is 0 Å². The van der Waals surface area contributed by atoms with Gasteiger partial charge in [-0.15, -0.1) is 0 Å². The number of ether oxygens (including phenoxy) is 1. The third-order valence-corrected chi connectivity index (χ3v) is 4.32. The Morgan fingerprint density at radius 2 is 1.62 bits per heavy atom. The molecule has 0 fully saturated rings. The molecule has 130 valence electrons. The molecule has 0 aliphatic heterocycles. The minimum absolute atomic E-state index is 0.250. The van der Waals surface area contributed by atoms with Crippen molar-refractivity contribution in [2.45, 2.75) is 46.3 Å². The average Bonchev–Trinajstić information content (AvgIpc) is 2.56. The van der Waals surface area contributed by atoms with Gasteiger partial charge in [0.2, 0.25) is 0 Å². The van der Waals surface area contributed by atoms with E-state index < -0.39 is 6.10 Å². The zero-order valence-corrected chi connectivity index (χ0v) is 15.2. The van der Waals surface area contributed by atoms with Crippen molar-refractivity contribution in [1.82, 2.24) is 5.32 Å². The summed E-state index contributed by atoms with van der Waals surface area (Å²) in [7, 11) is 0. The number of para-hydroxylation sites is 1. The van der Waals surface area contributed by atoms with Crippen molar-refractivity contribution < 1.29 is 9.84 Å². The summed E-state index contributed by atoms with van der Waals surface area (Å²) in [6.45, 7) is 9.10. The molecule has 3 heteroatoms. The van der Waals surface area contributed by atoms with E-state index in [1.807, 2.05) is 32.0 Å². The van der Waals surface area contributed by atoms with Gasteiger partial charge in [-0.25, -0.2) is 0 Å². The van der Waals surface area contributed by atoms with Gasteiger partial charge in [-0.3, -0.25) is 0 Å². The summed E-state index contributed by atoms with van der Waals surface area (Å²) in [5.41, 5.74) is 4.71. The van der Waals surface area contributed by atoms with Crippen molar-refractivity contribution >= 4 is 0 Å². The molecule has 0 aliphatic carbocycles. The van der Waals surface area contributed by atoms with E-state index >= 15 is 0 Å². The van der Waals surface area contributed by atoms with E-state index in [0.717, 1.165) is 23.3 Å². The van der Waals surface area contributed by atoms with Crippen LogP contribution in [0.25, 0.3) is 0 Å². The van der Waals surface area contributed by atoms with Gasteiger partial charge >= 0.3 is 0 Å². The lowest BCUT2D eigenvalue weighted by Crippen LogP contribution is -2.34. The van der Waals surface area contributed by atoms with Gasteiger partial charge in [0, 0.05) is 12.6 Å². The molecule has 0 radical (unpaired) electrons. The Balaban J connectivity index is 1.85. The fourth-order valence-electron chi connectivity index (χ4n) is 2.84. The van der Waals surface area contributed by atoms with E-state index in [0.29, 0.717) is 13.2 Å². The van der Waals surface area contributed by atoms with Crippen molar-refractivity contribution in [3.63, 3.8) is 0 Å². The summed E-state index contributed by atoms with van der Waals surface area (Å²) < 4.78 is 5.83. The molecule has 0 aromatic heterocycles. The lowest BCUT2D eigenvalue weighted by atomic mass is 10.0. The van der Waals surface area contributed by atoms with E-state index in [-0.39, 0.29) is 6.04 Å². The molecule has 0 saturated heterocycles. The van der Waals surface area contributed by atoms with Crippen molar-refractivity contribution in [1.29, 1.82) is 0 Å². The second-order valence-corrected chi connectivity index (χ2v) is 6.47. The molecular weight excluding hydrogens is 298 g/mol. The average molecular weight is 327 g/mol. The Morgan fingerprint density at radius 3 is 2.21 bits per heavy atom. The van der Waals surface area contributed by atoms with Crippen molar-refractivity contribution in [2.75, 3.05) is 13.2 Å². The molecular formula is C21H29NO2. The Labute approximate surface area is 145 Å². The lowest BCUT2D eigenvalue weighted by molar-refractivity contribution is 0.103. The van der Waals surface area contributed by atoms with E-state index in [9.17, 15) is 5.11 Å². The predicted octanol–water partition coefficient (Wildman–Crippen LogP) is 4.09. The third kappa shape index (κ3) is 5.08. The zero-order valence-electron chi connectivity index (χ0n) is 15.2. The van der Waals surface area contributed by atoms with Crippen LogP contribution in [-0.2, 0) is 0 Å². The molecule has 2 aromatic rings. The fraction of sp³-hybridized carbons (Fsp3) is 0.429. The van der Waals surface area contributed by atoms with Crippen LogP contribution in [0.15, 0.2) is 42.5 Å². The van der Waals surface area contributed by atoms with Crippen LogP contribution in [-0.4, -0.2) is 24.4 Å². The molecule has 0 amide bonds. The third-order valence-electron chi connectivity index (χ3n) is 4.32. The quantitative estimate of drug-likeness (QED) is 0.767. The first-order valence-electron chi connectivity index (χ1n) is 8.68. The molecule has 2 unspecified atom stereocenters. The van der Waals surface area contributed by atoms with Crippen LogP contribution in [0.4, 0.5) is 0 Å². The summed E-state index contributed by atoms with van der Waals surface area (Å²) in [5, 5.41) is 13.7. The molecule has 0 bridgehead atoms. The molecule has 2 N–H and O–H groups in total. The summed E-state index contributed by atoms with van der Waals surface area (Å²) in [6.07, 6.45) is 0.441. The Hall–Kier alpha value is -1.84. The maximum atomic E-state index is 10.2. The molecule has 0 aliphatic rings. The van der Waals surface area contributed by atoms with Crippen LogP contribution in [0.2, 0.25) is 0 Å². The van der Waals surface area contributed by atoms with Crippen LogP contribution in [0.3, 0.4) is 0 Å². The molecule has 2 atom stereocenters. The number of rotatable bonds is 8. The second-order valence-electron chi connectivity index (χ2n) is 6.47. The number of aliphatic hydroxyl groups is 1. The molecule has 2 rings (SSSR count). The number of aliphatic hydroxyl groups excluding tert-OH is 1. The number of nitrogens with one attached hydrogen (secondary N) is 1. The van der Waals surface area contributed by atoms with Crippen molar-refractivity contribution in [3.8, 4) is 5.75 Å². The summed E-state index contributed by atoms with van der Waals surface area (Å²) in [4.78, 5) is 0. The van der Waals surface area contributed by atoms with Crippen LogP contribution < -0.4 is 10.1 Å². The van der Waals surface area contributed by atoms with Gasteiger partial charge in [0.1, 0.15) is 18.5 Å². The van der Waals surface area contributed by atoms with Crippen LogP contribution in [0.1, 0.15) is 41.6 Å². The van der Waals surface area contributed by atoms with Gasteiger partial charge in [-0.05, 0) is 43.9 Å². The summed E-state index contributed by atoms with van der Waals surface area (Å²) in [5.74, 6) is 0.877. The zero-order chi connectivity index (χ0) is 17.5. The lowest BCUT2D eigenvalue weighted by Gasteiger charge is -2.21. The highest BCUT2D eigenvalue weighted by Crippen LogP contribution is 2.22. The van der Waals surface area contributed by atoms with Gasteiger partial charge < -0.3 is 15.2 Å². The first kappa shape index (κ1) is 18.5. The molecule has 3 nitrogen and oxygen atoms in total. The van der Waals surface area contributed by atoms with E-state index in [2.05, 4.69) is 43.4 Å². The highest BCUT2D eigenvalue weighted by molar-refractivity contribution is 5.39. The van der Waals surface area contributed by atoms with Gasteiger partial charge in [-0.2, -0.15) is 0 Å². The molecule has 24 heavy (non-hydrogen) atoms. The Morgan fingerprint density at radius 1 is 1.00 bits per heavy atom.